The van der Waals surface area contributed by atoms with E-state index in [9.17, 15) is 14.7 Å². The summed E-state index contributed by atoms with van der Waals surface area (Å²) in [5, 5.41) is 13.1. The molecule has 4 rings (SSSR count). The minimum Gasteiger partial charge on any atom is -0.548 e. The third-order valence-electron chi connectivity index (χ3n) is 4.55. The highest BCUT2D eigenvalue weighted by Crippen LogP contribution is 2.31. The first-order valence-electron chi connectivity index (χ1n) is 8.96. The minimum atomic E-state index is -1.33. The van der Waals surface area contributed by atoms with Crippen molar-refractivity contribution in [3.8, 4) is 16.9 Å². The van der Waals surface area contributed by atoms with E-state index in [0.29, 0.717) is 16.8 Å². The Hall–Kier alpha value is -3.45. The van der Waals surface area contributed by atoms with Crippen molar-refractivity contribution in [1.29, 1.82) is 0 Å². The number of aromatic nitrogens is 2. The highest BCUT2D eigenvalue weighted by molar-refractivity contribution is 7.17. The average Bonchev–Trinajstić information content (AvgIpc) is 3.15. The fraction of sp³-hybridized carbons (Fsp3) is 0.136. The van der Waals surface area contributed by atoms with E-state index in [0.717, 1.165) is 27.0 Å². The molecule has 0 aliphatic carbocycles. The fourth-order valence-corrected chi connectivity index (χ4v) is 3.92. The number of aliphatic carboxylic acids is 1. The number of thiophene rings is 1. The lowest BCUT2D eigenvalue weighted by molar-refractivity contribution is -0.306. The van der Waals surface area contributed by atoms with Crippen LogP contribution in [0.25, 0.3) is 21.3 Å². The summed E-state index contributed by atoms with van der Waals surface area (Å²) >= 11 is 1.34. The number of carboxylic acids is 1. The lowest BCUT2D eigenvalue weighted by atomic mass is 10.1. The van der Waals surface area contributed by atoms with Crippen LogP contribution in [0.5, 0.6) is 5.75 Å². The van der Waals surface area contributed by atoms with Gasteiger partial charge in [0.1, 0.15) is 17.2 Å². The zero-order valence-electron chi connectivity index (χ0n) is 15.6. The number of aryl methyl sites for hydroxylation is 1. The summed E-state index contributed by atoms with van der Waals surface area (Å²) in [7, 11) is 0. The lowest BCUT2D eigenvalue weighted by Gasteiger charge is -2.08. The van der Waals surface area contributed by atoms with Gasteiger partial charge >= 0.3 is 0 Å². The van der Waals surface area contributed by atoms with Gasteiger partial charge in [-0.3, -0.25) is 9.36 Å². The van der Waals surface area contributed by atoms with Gasteiger partial charge in [0.05, 0.1) is 24.2 Å². The van der Waals surface area contributed by atoms with E-state index in [1.807, 2.05) is 60.8 Å². The molecular weight excluding hydrogens is 388 g/mol. The molecule has 0 N–H and O–H groups in total. The van der Waals surface area contributed by atoms with Crippen LogP contribution in [0.4, 0.5) is 0 Å². The van der Waals surface area contributed by atoms with E-state index in [-0.39, 0.29) is 0 Å². The predicted octanol–water partition coefficient (Wildman–Crippen LogP) is 2.76. The molecule has 6 nitrogen and oxygen atoms in total. The van der Waals surface area contributed by atoms with Gasteiger partial charge < -0.3 is 14.6 Å². The molecule has 0 fully saturated rings. The van der Waals surface area contributed by atoms with Crippen LogP contribution in [0, 0.1) is 6.92 Å². The van der Waals surface area contributed by atoms with Crippen LogP contribution < -0.4 is 15.4 Å². The summed E-state index contributed by atoms with van der Waals surface area (Å²) in [5.41, 5.74) is 3.46. The molecule has 146 valence electrons. The molecule has 0 aliphatic heterocycles. The molecule has 0 saturated heterocycles. The molecule has 0 spiro atoms. The minimum absolute atomic E-state index is 0.393. The predicted molar refractivity (Wildman–Crippen MR) is 110 cm³/mol. The van der Waals surface area contributed by atoms with Gasteiger partial charge in [-0.05, 0) is 30.2 Å². The van der Waals surface area contributed by atoms with Crippen molar-refractivity contribution in [3.05, 3.63) is 81.7 Å². The van der Waals surface area contributed by atoms with Gasteiger partial charge in [-0.15, -0.1) is 11.3 Å². The van der Waals surface area contributed by atoms with Crippen LogP contribution in [0.15, 0.2) is 65.0 Å². The Morgan fingerprint density at radius 1 is 1.14 bits per heavy atom. The summed E-state index contributed by atoms with van der Waals surface area (Å²) in [6.07, 6.45) is 1.24. The number of carbonyl (C=O) groups is 1. The van der Waals surface area contributed by atoms with Gasteiger partial charge in [-0.1, -0.05) is 42.0 Å². The Balaban J connectivity index is 1.58. The van der Waals surface area contributed by atoms with E-state index in [4.69, 9.17) is 4.74 Å². The van der Waals surface area contributed by atoms with Gasteiger partial charge in [0.2, 0.25) is 0 Å². The molecule has 7 heteroatoms. The van der Waals surface area contributed by atoms with Crippen molar-refractivity contribution in [2.24, 2.45) is 0 Å². The molecule has 0 saturated carbocycles. The van der Waals surface area contributed by atoms with Crippen LogP contribution >= 0.6 is 11.3 Å². The van der Waals surface area contributed by atoms with Gasteiger partial charge in [-0.2, -0.15) is 0 Å². The normalized spacial score (nSPS) is 10.9. The van der Waals surface area contributed by atoms with Crippen LogP contribution in [-0.4, -0.2) is 15.5 Å². The number of nitrogens with zero attached hydrogens (tertiary/aromatic N) is 2. The fourth-order valence-electron chi connectivity index (χ4n) is 3.01. The number of carboxylic acid groups (broad SMARTS) is 1. The maximum atomic E-state index is 12.7. The van der Waals surface area contributed by atoms with Gasteiger partial charge in [0, 0.05) is 10.9 Å². The molecule has 2 aromatic carbocycles. The second kappa shape index (κ2) is 7.89. The quantitative estimate of drug-likeness (QED) is 0.493. The molecule has 0 amide bonds. The Kier molecular flexibility index (Phi) is 5.14. The molecule has 2 aromatic heterocycles. The second-order valence-electron chi connectivity index (χ2n) is 6.68. The molecule has 0 aliphatic rings. The van der Waals surface area contributed by atoms with Crippen molar-refractivity contribution in [2.75, 3.05) is 0 Å². The first-order chi connectivity index (χ1) is 14.0. The van der Waals surface area contributed by atoms with Crippen LogP contribution in [-0.2, 0) is 17.9 Å². The van der Waals surface area contributed by atoms with E-state index in [1.54, 1.807) is 0 Å². The van der Waals surface area contributed by atoms with E-state index in [1.165, 1.54) is 23.2 Å². The zero-order valence-corrected chi connectivity index (χ0v) is 16.4. The lowest BCUT2D eigenvalue weighted by Crippen LogP contribution is -2.32. The Bertz CT molecular complexity index is 1220. The third-order valence-corrected chi connectivity index (χ3v) is 5.44. The highest BCUT2D eigenvalue weighted by atomic mass is 32.1. The van der Waals surface area contributed by atoms with Gasteiger partial charge in [0.15, 0.2) is 0 Å². The molecule has 4 aromatic rings. The second-order valence-corrected chi connectivity index (χ2v) is 7.54. The molecule has 0 atom stereocenters. The first kappa shape index (κ1) is 18.9. The van der Waals surface area contributed by atoms with Crippen molar-refractivity contribution in [2.45, 2.75) is 20.1 Å². The Morgan fingerprint density at radius 2 is 1.86 bits per heavy atom. The first-order valence-corrected chi connectivity index (χ1v) is 9.84. The van der Waals surface area contributed by atoms with Gasteiger partial charge in [-0.25, -0.2) is 4.98 Å². The van der Waals surface area contributed by atoms with Crippen LogP contribution in [0.2, 0.25) is 0 Å². The number of carbonyl (C=O) groups excluding carboxylic acids is 1. The SMILES string of the molecule is Cc1ccc(COc2ccc(-c3csc4ncn(CC(=O)[O-])c(=O)c34)cc2)cc1. The van der Waals surface area contributed by atoms with Crippen LogP contribution in [0.3, 0.4) is 0 Å². The van der Waals surface area contributed by atoms with Crippen molar-refractivity contribution in [3.63, 3.8) is 0 Å². The summed E-state index contributed by atoms with van der Waals surface area (Å²) in [6, 6.07) is 15.6. The average molecular weight is 405 g/mol. The number of fused-ring (bicyclic) bond motifs is 1. The molecule has 0 bridgehead atoms. The number of ether oxygens (including phenoxy) is 1. The molecule has 0 radical (unpaired) electrons. The number of benzene rings is 2. The number of hydrogen-bond acceptors (Lipinski definition) is 6. The smallest absolute Gasteiger partial charge is 0.263 e. The van der Waals surface area contributed by atoms with E-state index >= 15 is 0 Å². The van der Waals surface area contributed by atoms with E-state index < -0.39 is 18.1 Å². The molecule has 29 heavy (non-hydrogen) atoms. The molecular formula is C22H17N2O4S-. The van der Waals surface area contributed by atoms with E-state index in [2.05, 4.69) is 4.98 Å². The maximum Gasteiger partial charge on any atom is 0.263 e. The monoisotopic (exact) mass is 405 g/mol. The van der Waals surface area contributed by atoms with Crippen LogP contribution in [0.1, 0.15) is 11.1 Å². The summed E-state index contributed by atoms with van der Waals surface area (Å²) in [6.45, 7) is 1.99. The number of hydrogen-bond donors (Lipinski definition) is 0. The molecule has 0 unspecified atom stereocenters. The summed E-state index contributed by atoms with van der Waals surface area (Å²) in [5.74, 6) is -0.610. The maximum absolute atomic E-state index is 12.7. The zero-order chi connectivity index (χ0) is 20.4. The van der Waals surface area contributed by atoms with Crippen molar-refractivity contribution < 1.29 is 14.6 Å². The van der Waals surface area contributed by atoms with Crippen molar-refractivity contribution >= 4 is 27.5 Å². The third kappa shape index (κ3) is 4.05. The number of rotatable bonds is 6. The van der Waals surface area contributed by atoms with Gasteiger partial charge in [0.25, 0.3) is 5.56 Å². The Labute approximate surface area is 170 Å². The largest absolute Gasteiger partial charge is 0.548 e. The molecule has 2 heterocycles. The van der Waals surface area contributed by atoms with Crippen molar-refractivity contribution in [1.82, 2.24) is 9.55 Å². The summed E-state index contributed by atoms with van der Waals surface area (Å²) < 4.78 is 6.88. The highest BCUT2D eigenvalue weighted by Gasteiger charge is 2.13. The standard InChI is InChI=1S/C22H18N2O4S/c1-14-2-4-15(5-3-14)11-28-17-8-6-16(7-9-17)18-12-29-21-20(18)22(27)24(13-23-21)10-19(25)26/h2-9,12-13H,10-11H2,1H3,(H,25,26)/p-1. The summed E-state index contributed by atoms with van der Waals surface area (Å²) in [4.78, 5) is 28.3. The topological polar surface area (TPSA) is 84.2 Å². The Morgan fingerprint density at radius 3 is 2.55 bits per heavy atom.